The lowest BCUT2D eigenvalue weighted by Gasteiger charge is -2.22. The van der Waals surface area contributed by atoms with Crippen LogP contribution in [0, 0.1) is 13.8 Å². The fourth-order valence-electron chi connectivity index (χ4n) is 2.61. The Morgan fingerprint density at radius 1 is 1.22 bits per heavy atom. The second-order valence-electron chi connectivity index (χ2n) is 5.67. The van der Waals surface area contributed by atoms with Gasteiger partial charge in [-0.1, -0.05) is 12.1 Å². The van der Waals surface area contributed by atoms with E-state index in [0.717, 1.165) is 22.4 Å². The number of carbonyl (C=O) groups is 1. The van der Waals surface area contributed by atoms with E-state index in [2.05, 4.69) is 12.1 Å². The fraction of sp³-hybridized carbons (Fsp3) is 0.611. The van der Waals surface area contributed by atoms with E-state index in [4.69, 9.17) is 14.2 Å². The number of rotatable bonds is 9. The summed E-state index contributed by atoms with van der Waals surface area (Å²) < 4.78 is 16.1. The summed E-state index contributed by atoms with van der Waals surface area (Å²) in [7, 11) is 3.46. The normalized spacial score (nSPS) is 12.1. The van der Waals surface area contributed by atoms with E-state index in [9.17, 15) is 4.79 Å². The van der Waals surface area contributed by atoms with Crippen molar-refractivity contribution in [1.82, 2.24) is 4.90 Å². The number of benzene rings is 1. The van der Waals surface area contributed by atoms with Gasteiger partial charge >= 0.3 is 0 Å². The van der Waals surface area contributed by atoms with Crippen molar-refractivity contribution in [2.45, 2.75) is 40.3 Å². The van der Waals surface area contributed by atoms with Gasteiger partial charge in [0.05, 0.1) is 20.3 Å². The summed E-state index contributed by atoms with van der Waals surface area (Å²) in [6, 6.07) is 4.10. The molecule has 0 aliphatic carbocycles. The number of hydrogen-bond donors (Lipinski definition) is 0. The highest BCUT2D eigenvalue weighted by atomic mass is 16.5. The number of methoxy groups -OCH3 is 1. The van der Waals surface area contributed by atoms with Gasteiger partial charge in [-0.15, -0.1) is 0 Å². The molecule has 0 aliphatic heterocycles. The summed E-state index contributed by atoms with van der Waals surface area (Å²) in [5.41, 5.74) is 3.23. The van der Waals surface area contributed by atoms with Crippen LogP contribution in [0.4, 0.5) is 0 Å². The van der Waals surface area contributed by atoms with Crippen LogP contribution in [0.15, 0.2) is 12.1 Å². The van der Waals surface area contributed by atoms with Crippen molar-refractivity contribution in [3.05, 3.63) is 28.8 Å². The standard InChI is InChI=1S/C18H29NO4/c1-7-22-8-9-23-15(4)18(20)19(5)12-16-10-13(2)17(21-6)14(3)11-16/h10-11,15H,7-9,12H2,1-6H3. The Hall–Kier alpha value is -1.59. The maximum atomic E-state index is 12.3. The lowest BCUT2D eigenvalue weighted by atomic mass is 10.1. The van der Waals surface area contributed by atoms with Gasteiger partial charge in [-0.05, 0) is 44.4 Å². The van der Waals surface area contributed by atoms with Crippen molar-refractivity contribution >= 4 is 5.91 Å². The minimum Gasteiger partial charge on any atom is -0.496 e. The predicted molar refractivity (Wildman–Crippen MR) is 90.8 cm³/mol. The van der Waals surface area contributed by atoms with E-state index in [-0.39, 0.29) is 5.91 Å². The molecule has 0 bridgehead atoms. The summed E-state index contributed by atoms with van der Waals surface area (Å²) in [5, 5.41) is 0. The average molecular weight is 323 g/mol. The van der Waals surface area contributed by atoms with Crippen LogP contribution in [-0.4, -0.2) is 50.9 Å². The number of carbonyl (C=O) groups excluding carboxylic acids is 1. The molecule has 1 atom stereocenters. The van der Waals surface area contributed by atoms with Crippen molar-refractivity contribution in [3.8, 4) is 5.75 Å². The van der Waals surface area contributed by atoms with Crippen molar-refractivity contribution < 1.29 is 19.0 Å². The van der Waals surface area contributed by atoms with Crippen LogP contribution in [-0.2, 0) is 20.8 Å². The number of ether oxygens (including phenoxy) is 3. The Balaban J connectivity index is 2.61. The number of hydrogen-bond acceptors (Lipinski definition) is 4. The quantitative estimate of drug-likeness (QED) is 0.656. The smallest absolute Gasteiger partial charge is 0.251 e. The summed E-state index contributed by atoms with van der Waals surface area (Å²) in [4.78, 5) is 14.0. The van der Waals surface area contributed by atoms with Gasteiger partial charge in [-0.3, -0.25) is 4.79 Å². The molecule has 0 radical (unpaired) electrons. The summed E-state index contributed by atoms with van der Waals surface area (Å²) in [6.07, 6.45) is -0.471. The summed E-state index contributed by atoms with van der Waals surface area (Å²) >= 11 is 0. The third-order valence-electron chi connectivity index (χ3n) is 3.67. The van der Waals surface area contributed by atoms with Crippen LogP contribution in [0.25, 0.3) is 0 Å². The van der Waals surface area contributed by atoms with Crippen molar-refractivity contribution in [1.29, 1.82) is 0 Å². The summed E-state index contributed by atoms with van der Waals surface area (Å²) in [6.45, 7) is 9.86. The predicted octanol–water partition coefficient (Wildman–Crippen LogP) is 2.71. The Morgan fingerprint density at radius 2 is 1.83 bits per heavy atom. The molecular formula is C18H29NO4. The first-order valence-corrected chi connectivity index (χ1v) is 7.99. The van der Waals surface area contributed by atoms with Gasteiger partial charge in [0.15, 0.2) is 0 Å². The van der Waals surface area contributed by atoms with Gasteiger partial charge in [-0.2, -0.15) is 0 Å². The molecule has 5 nitrogen and oxygen atoms in total. The first-order chi connectivity index (χ1) is 10.9. The van der Waals surface area contributed by atoms with E-state index < -0.39 is 6.10 Å². The summed E-state index contributed by atoms with van der Waals surface area (Å²) in [5.74, 6) is 0.864. The molecule has 23 heavy (non-hydrogen) atoms. The Bertz CT molecular complexity index is 493. The third kappa shape index (κ3) is 5.84. The molecule has 0 saturated heterocycles. The fourth-order valence-corrected chi connectivity index (χ4v) is 2.61. The van der Waals surface area contributed by atoms with E-state index in [1.807, 2.05) is 20.8 Å². The highest BCUT2D eigenvalue weighted by molar-refractivity contribution is 5.80. The molecule has 1 unspecified atom stereocenters. The van der Waals surface area contributed by atoms with Crippen LogP contribution in [0.5, 0.6) is 5.75 Å². The molecule has 0 fully saturated rings. The lowest BCUT2D eigenvalue weighted by molar-refractivity contribution is -0.142. The number of likely N-dealkylation sites (N-methyl/N-ethyl adjacent to an activating group) is 1. The minimum absolute atomic E-state index is 0.0346. The average Bonchev–Trinajstić information content (AvgIpc) is 2.50. The SMILES string of the molecule is CCOCCOC(C)C(=O)N(C)Cc1cc(C)c(OC)c(C)c1. The lowest BCUT2D eigenvalue weighted by Crippen LogP contribution is -2.36. The zero-order valence-electron chi connectivity index (χ0n) is 15.1. The van der Waals surface area contributed by atoms with Crippen molar-refractivity contribution in [2.24, 2.45) is 0 Å². The van der Waals surface area contributed by atoms with Gasteiger partial charge < -0.3 is 19.1 Å². The van der Waals surface area contributed by atoms with Crippen LogP contribution in [0.2, 0.25) is 0 Å². The second-order valence-corrected chi connectivity index (χ2v) is 5.67. The monoisotopic (exact) mass is 323 g/mol. The molecule has 0 saturated carbocycles. The molecule has 0 aliphatic rings. The molecule has 0 spiro atoms. The van der Waals surface area contributed by atoms with E-state index >= 15 is 0 Å². The van der Waals surface area contributed by atoms with Gasteiger partial charge in [0.1, 0.15) is 11.9 Å². The highest BCUT2D eigenvalue weighted by Gasteiger charge is 2.18. The van der Waals surface area contributed by atoms with E-state index in [1.54, 1.807) is 26.0 Å². The van der Waals surface area contributed by atoms with Crippen LogP contribution in [0.1, 0.15) is 30.5 Å². The number of amides is 1. The van der Waals surface area contributed by atoms with Gasteiger partial charge in [0, 0.05) is 20.2 Å². The topological polar surface area (TPSA) is 48.0 Å². The van der Waals surface area contributed by atoms with Crippen LogP contribution in [0.3, 0.4) is 0 Å². The van der Waals surface area contributed by atoms with Crippen LogP contribution < -0.4 is 4.74 Å². The maximum absolute atomic E-state index is 12.3. The molecule has 1 aromatic carbocycles. The van der Waals surface area contributed by atoms with Gasteiger partial charge in [0.25, 0.3) is 5.91 Å². The van der Waals surface area contributed by atoms with Gasteiger partial charge in [0.2, 0.25) is 0 Å². The molecule has 130 valence electrons. The molecule has 1 rings (SSSR count). The first-order valence-electron chi connectivity index (χ1n) is 7.99. The zero-order valence-corrected chi connectivity index (χ0v) is 15.1. The first kappa shape index (κ1) is 19.5. The van der Waals surface area contributed by atoms with Crippen molar-refractivity contribution in [3.63, 3.8) is 0 Å². The number of nitrogens with zero attached hydrogens (tertiary/aromatic N) is 1. The Kier molecular flexibility index (Phi) is 8.06. The zero-order chi connectivity index (χ0) is 17.4. The molecule has 0 aromatic heterocycles. The van der Waals surface area contributed by atoms with Gasteiger partial charge in [-0.25, -0.2) is 0 Å². The van der Waals surface area contributed by atoms with E-state index in [0.29, 0.717) is 26.4 Å². The van der Waals surface area contributed by atoms with Crippen LogP contribution >= 0.6 is 0 Å². The number of aryl methyl sites for hydroxylation is 2. The highest BCUT2D eigenvalue weighted by Crippen LogP contribution is 2.24. The molecule has 0 N–H and O–H groups in total. The minimum atomic E-state index is -0.471. The van der Waals surface area contributed by atoms with E-state index in [1.165, 1.54) is 0 Å². The largest absolute Gasteiger partial charge is 0.496 e. The molecule has 5 heteroatoms. The van der Waals surface area contributed by atoms with Crippen molar-refractivity contribution in [2.75, 3.05) is 34.0 Å². The third-order valence-corrected chi connectivity index (χ3v) is 3.67. The Labute approximate surface area is 139 Å². The molecular weight excluding hydrogens is 294 g/mol. The Morgan fingerprint density at radius 3 is 2.35 bits per heavy atom. The maximum Gasteiger partial charge on any atom is 0.251 e. The second kappa shape index (κ2) is 9.53. The molecule has 0 heterocycles. The molecule has 1 aromatic rings. The molecule has 1 amide bonds.